The number of ether oxygens (including phenoxy) is 1. The van der Waals surface area contributed by atoms with Gasteiger partial charge in [-0.05, 0) is 52.7 Å². The van der Waals surface area contributed by atoms with Gasteiger partial charge in [0.2, 0.25) is 11.8 Å². The molecule has 1 aliphatic rings. The van der Waals surface area contributed by atoms with Gasteiger partial charge in [-0.1, -0.05) is 11.6 Å². The molecule has 1 fully saturated rings. The number of hydrogen-bond acceptors (Lipinski definition) is 5. The molecule has 1 saturated heterocycles. The zero-order valence-corrected chi connectivity index (χ0v) is 22.0. The summed E-state index contributed by atoms with van der Waals surface area (Å²) < 4.78 is 34.2. The highest BCUT2D eigenvalue weighted by Crippen LogP contribution is 2.35. The van der Waals surface area contributed by atoms with Crippen molar-refractivity contribution in [2.75, 3.05) is 7.11 Å². The SMILES string of the molecule is COc1c(Cl)cc(F)c2[nH]c(C(=O)N[C@@H](CC(C)(C)F)C(=O)N[C@H](C#N)C[C@@H]3CC(C)(C)NC3=O)cc12. The Morgan fingerprint density at radius 2 is 2.03 bits per heavy atom. The lowest BCUT2D eigenvalue weighted by molar-refractivity contribution is -0.126. The van der Waals surface area contributed by atoms with Crippen LogP contribution in [0.3, 0.4) is 0 Å². The monoisotopic (exact) mass is 537 g/mol. The van der Waals surface area contributed by atoms with Crippen molar-refractivity contribution in [1.29, 1.82) is 5.26 Å². The molecule has 37 heavy (non-hydrogen) atoms. The van der Waals surface area contributed by atoms with Crippen LogP contribution in [0, 0.1) is 23.1 Å². The molecule has 4 N–H and O–H groups in total. The Morgan fingerprint density at radius 1 is 1.35 bits per heavy atom. The number of carbonyl (C=O) groups excluding carboxylic acids is 3. The summed E-state index contributed by atoms with van der Waals surface area (Å²) in [6.45, 7) is 6.22. The minimum Gasteiger partial charge on any atom is -0.494 e. The number of rotatable bonds is 9. The van der Waals surface area contributed by atoms with Crippen molar-refractivity contribution in [3.8, 4) is 11.8 Å². The van der Waals surface area contributed by atoms with E-state index in [2.05, 4.69) is 20.9 Å². The number of aromatic amines is 1. The van der Waals surface area contributed by atoms with Gasteiger partial charge >= 0.3 is 0 Å². The molecule has 3 atom stereocenters. The molecule has 0 radical (unpaired) electrons. The molecule has 0 spiro atoms. The van der Waals surface area contributed by atoms with Gasteiger partial charge in [-0.15, -0.1) is 0 Å². The van der Waals surface area contributed by atoms with E-state index in [1.54, 1.807) is 0 Å². The van der Waals surface area contributed by atoms with E-state index in [1.807, 2.05) is 19.9 Å². The van der Waals surface area contributed by atoms with Crippen LogP contribution in [-0.4, -0.2) is 53.1 Å². The van der Waals surface area contributed by atoms with Crippen LogP contribution in [0.2, 0.25) is 5.02 Å². The smallest absolute Gasteiger partial charge is 0.268 e. The number of carbonyl (C=O) groups is 3. The maximum atomic E-state index is 14.6. The molecular weight excluding hydrogens is 508 g/mol. The quantitative estimate of drug-likeness (QED) is 0.388. The second-order valence-electron chi connectivity index (χ2n) is 10.5. The standard InChI is InChI=1S/C25H30ClF2N5O4/c1-24(2,28)10-18(23(36)30-13(11-29)6-12-9-25(3,4)33-21(12)34)32-22(35)17-7-14-19(31-17)16(27)8-15(26)20(14)37-5/h7-8,12-13,18,31H,6,9-10H2,1-5H3,(H,30,36)(H,32,35)(H,33,34)/t12-,13+,18+/m1/s1. The summed E-state index contributed by atoms with van der Waals surface area (Å²) in [6, 6.07) is 1.91. The van der Waals surface area contributed by atoms with Crippen LogP contribution in [0.5, 0.6) is 5.75 Å². The second-order valence-corrected chi connectivity index (χ2v) is 10.9. The van der Waals surface area contributed by atoms with Crippen molar-refractivity contribution in [3.05, 3.63) is 28.7 Å². The second kappa shape index (κ2) is 10.5. The molecule has 0 aliphatic carbocycles. The molecule has 200 valence electrons. The van der Waals surface area contributed by atoms with Gasteiger partial charge < -0.3 is 25.7 Å². The summed E-state index contributed by atoms with van der Waals surface area (Å²) in [4.78, 5) is 40.9. The fraction of sp³-hybridized carbons (Fsp3) is 0.520. The lowest BCUT2D eigenvalue weighted by Gasteiger charge is -2.25. The normalized spacial score (nSPS) is 18.6. The maximum Gasteiger partial charge on any atom is 0.268 e. The van der Waals surface area contributed by atoms with E-state index in [0.717, 1.165) is 6.07 Å². The van der Waals surface area contributed by atoms with Gasteiger partial charge in [0.25, 0.3) is 5.91 Å². The predicted molar refractivity (Wildman–Crippen MR) is 133 cm³/mol. The van der Waals surface area contributed by atoms with E-state index in [-0.39, 0.29) is 39.7 Å². The predicted octanol–water partition coefficient (Wildman–Crippen LogP) is 3.52. The largest absolute Gasteiger partial charge is 0.494 e. The molecule has 1 aliphatic heterocycles. The molecule has 1 aromatic carbocycles. The van der Waals surface area contributed by atoms with Crippen molar-refractivity contribution < 1.29 is 27.9 Å². The summed E-state index contributed by atoms with van der Waals surface area (Å²) in [5.41, 5.74) is -2.41. The Bertz CT molecular complexity index is 1260. The number of halogens is 3. The van der Waals surface area contributed by atoms with Gasteiger partial charge in [0.05, 0.1) is 23.7 Å². The molecule has 2 aromatic rings. The van der Waals surface area contributed by atoms with Crippen LogP contribution in [0.15, 0.2) is 12.1 Å². The zero-order chi connectivity index (χ0) is 27.7. The van der Waals surface area contributed by atoms with Gasteiger partial charge in [-0.2, -0.15) is 5.26 Å². The van der Waals surface area contributed by atoms with Gasteiger partial charge in [0.1, 0.15) is 35.0 Å². The number of methoxy groups -OCH3 is 1. The minimum absolute atomic E-state index is 0.0109. The number of aromatic nitrogens is 1. The van der Waals surface area contributed by atoms with Crippen molar-refractivity contribution in [1.82, 2.24) is 20.9 Å². The van der Waals surface area contributed by atoms with Gasteiger partial charge in [-0.25, -0.2) is 8.78 Å². The average Bonchev–Trinajstić information content (AvgIpc) is 3.32. The first-order chi connectivity index (χ1) is 17.1. The van der Waals surface area contributed by atoms with Gasteiger partial charge in [0, 0.05) is 23.3 Å². The number of hydrogen-bond donors (Lipinski definition) is 4. The van der Waals surface area contributed by atoms with Crippen molar-refractivity contribution in [3.63, 3.8) is 0 Å². The van der Waals surface area contributed by atoms with Crippen molar-refractivity contribution in [2.24, 2.45) is 5.92 Å². The zero-order valence-electron chi connectivity index (χ0n) is 21.2. The van der Waals surface area contributed by atoms with E-state index >= 15 is 0 Å². The maximum absolute atomic E-state index is 14.6. The summed E-state index contributed by atoms with van der Waals surface area (Å²) in [5, 5.41) is 17.6. The van der Waals surface area contributed by atoms with Crippen LogP contribution >= 0.6 is 11.6 Å². The summed E-state index contributed by atoms with van der Waals surface area (Å²) in [6.07, 6.45) is 0.157. The lowest BCUT2D eigenvalue weighted by atomic mass is 9.91. The summed E-state index contributed by atoms with van der Waals surface area (Å²) in [7, 11) is 1.34. The third-order valence-electron chi connectivity index (χ3n) is 6.11. The van der Waals surface area contributed by atoms with Gasteiger partial charge in [-0.3, -0.25) is 14.4 Å². The van der Waals surface area contributed by atoms with Crippen LogP contribution in [0.4, 0.5) is 8.78 Å². The third kappa shape index (κ3) is 6.68. The molecule has 3 amide bonds. The highest BCUT2D eigenvalue weighted by atomic mass is 35.5. The number of nitrogens with zero attached hydrogens (tertiary/aromatic N) is 1. The van der Waals surface area contributed by atoms with E-state index in [9.17, 15) is 28.4 Å². The molecule has 9 nitrogen and oxygen atoms in total. The number of benzene rings is 1. The molecule has 1 aromatic heterocycles. The van der Waals surface area contributed by atoms with Crippen LogP contribution in [0.25, 0.3) is 10.9 Å². The first-order valence-electron chi connectivity index (χ1n) is 11.7. The minimum atomic E-state index is -1.85. The number of amides is 3. The first kappa shape index (κ1) is 28.2. The molecule has 0 bridgehead atoms. The van der Waals surface area contributed by atoms with Crippen molar-refractivity contribution in [2.45, 2.75) is 70.2 Å². The average molecular weight is 538 g/mol. The Kier molecular flexibility index (Phi) is 8.03. The topological polar surface area (TPSA) is 136 Å². The van der Waals surface area contributed by atoms with Crippen molar-refractivity contribution >= 4 is 40.2 Å². The Balaban J connectivity index is 1.79. The van der Waals surface area contributed by atoms with E-state index in [4.69, 9.17) is 16.3 Å². The number of nitriles is 1. The fourth-order valence-electron chi connectivity index (χ4n) is 4.55. The summed E-state index contributed by atoms with van der Waals surface area (Å²) >= 11 is 6.02. The lowest BCUT2D eigenvalue weighted by Crippen LogP contribution is -2.51. The Morgan fingerprint density at radius 3 is 2.57 bits per heavy atom. The Labute approximate surface area is 218 Å². The number of alkyl halides is 1. The third-order valence-corrected chi connectivity index (χ3v) is 6.39. The molecule has 0 saturated carbocycles. The van der Waals surface area contributed by atoms with Crippen LogP contribution in [-0.2, 0) is 9.59 Å². The fourth-order valence-corrected chi connectivity index (χ4v) is 4.82. The highest BCUT2D eigenvalue weighted by Gasteiger charge is 2.39. The number of H-pyrrole nitrogens is 1. The van der Waals surface area contributed by atoms with Crippen LogP contribution in [0.1, 0.15) is 57.4 Å². The number of fused-ring (bicyclic) bond motifs is 1. The highest BCUT2D eigenvalue weighted by molar-refractivity contribution is 6.33. The Hall–Kier alpha value is -3.39. The molecular formula is C25H30ClF2N5O4. The van der Waals surface area contributed by atoms with E-state index < -0.39 is 53.3 Å². The molecule has 2 heterocycles. The van der Waals surface area contributed by atoms with Gasteiger partial charge in [0.15, 0.2) is 0 Å². The first-order valence-corrected chi connectivity index (χ1v) is 12.1. The van der Waals surface area contributed by atoms with E-state index in [0.29, 0.717) is 6.42 Å². The van der Waals surface area contributed by atoms with E-state index in [1.165, 1.54) is 27.0 Å². The van der Waals surface area contributed by atoms with Crippen LogP contribution < -0.4 is 20.7 Å². The number of nitrogens with one attached hydrogen (secondary N) is 4. The summed E-state index contributed by atoms with van der Waals surface area (Å²) in [5.74, 6) is -2.84. The molecule has 0 unspecified atom stereocenters. The molecule has 12 heteroatoms. The molecule has 3 rings (SSSR count).